The molecule has 1 amide bonds. The Labute approximate surface area is 98.9 Å². The highest BCUT2D eigenvalue weighted by atomic mass is 16.6. The van der Waals surface area contributed by atoms with Crippen LogP contribution in [0.1, 0.15) is 53.9 Å². The summed E-state index contributed by atoms with van der Waals surface area (Å²) in [5.41, 5.74) is -0.405. The van der Waals surface area contributed by atoms with Gasteiger partial charge in [-0.05, 0) is 51.9 Å². The first-order valence-corrected chi connectivity index (χ1v) is 6.27. The maximum atomic E-state index is 11.6. The second-order valence-electron chi connectivity index (χ2n) is 6.11. The molecule has 1 fully saturated rings. The molecule has 0 saturated heterocycles. The van der Waals surface area contributed by atoms with Gasteiger partial charge in [0.25, 0.3) is 0 Å². The standard InChI is InChI=1S/C13H25NO2/c1-9-6-7-11(8-10(9)2)14-12(15)16-13(3,4)5/h9-11H,6-8H2,1-5H3,(H,14,15). The summed E-state index contributed by atoms with van der Waals surface area (Å²) in [5, 5.41) is 2.97. The Balaban J connectivity index is 2.35. The molecule has 1 aliphatic carbocycles. The predicted octanol–water partition coefficient (Wildman–Crippen LogP) is 3.34. The van der Waals surface area contributed by atoms with E-state index in [1.54, 1.807) is 0 Å². The van der Waals surface area contributed by atoms with Crippen molar-refractivity contribution in [1.29, 1.82) is 0 Å². The minimum absolute atomic E-state index is 0.278. The summed E-state index contributed by atoms with van der Waals surface area (Å²) in [4.78, 5) is 11.6. The topological polar surface area (TPSA) is 38.3 Å². The van der Waals surface area contributed by atoms with Gasteiger partial charge in [-0.3, -0.25) is 0 Å². The van der Waals surface area contributed by atoms with E-state index in [4.69, 9.17) is 4.74 Å². The molecule has 1 rings (SSSR count). The third kappa shape index (κ3) is 4.42. The second-order valence-corrected chi connectivity index (χ2v) is 6.11. The van der Waals surface area contributed by atoms with Crippen LogP contribution in [0.4, 0.5) is 4.79 Å². The van der Waals surface area contributed by atoms with E-state index in [9.17, 15) is 4.79 Å². The van der Waals surface area contributed by atoms with Gasteiger partial charge in [-0.15, -0.1) is 0 Å². The fraction of sp³-hybridized carbons (Fsp3) is 0.923. The average molecular weight is 227 g/mol. The molecule has 94 valence electrons. The van der Waals surface area contributed by atoms with E-state index in [2.05, 4.69) is 19.2 Å². The zero-order valence-corrected chi connectivity index (χ0v) is 11.2. The van der Waals surface area contributed by atoms with Crippen molar-refractivity contribution in [3.63, 3.8) is 0 Å². The summed E-state index contributed by atoms with van der Waals surface area (Å²) in [6.07, 6.45) is 3.06. The highest BCUT2D eigenvalue weighted by Crippen LogP contribution is 2.29. The second kappa shape index (κ2) is 5.07. The Bertz CT molecular complexity index is 245. The molecule has 0 aromatic rings. The van der Waals surface area contributed by atoms with E-state index in [1.165, 1.54) is 6.42 Å². The summed E-state index contributed by atoms with van der Waals surface area (Å²) in [6, 6.07) is 0.293. The number of hydrogen-bond donors (Lipinski definition) is 1. The van der Waals surface area contributed by atoms with Crippen LogP contribution in [0.5, 0.6) is 0 Å². The van der Waals surface area contributed by atoms with Crippen LogP contribution in [0, 0.1) is 11.8 Å². The molecular weight excluding hydrogens is 202 g/mol. The number of carbonyl (C=O) groups is 1. The first-order valence-electron chi connectivity index (χ1n) is 6.27. The van der Waals surface area contributed by atoms with Gasteiger partial charge < -0.3 is 10.1 Å². The summed E-state index contributed by atoms with van der Waals surface area (Å²) < 4.78 is 5.25. The van der Waals surface area contributed by atoms with Gasteiger partial charge in [-0.25, -0.2) is 4.79 Å². The molecule has 0 heterocycles. The van der Waals surface area contributed by atoms with Crippen molar-refractivity contribution < 1.29 is 9.53 Å². The Kier molecular flexibility index (Phi) is 4.22. The maximum absolute atomic E-state index is 11.6. The number of rotatable bonds is 1. The van der Waals surface area contributed by atoms with Crippen LogP contribution in [0.2, 0.25) is 0 Å². The lowest BCUT2D eigenvalue weighted by Gasteiger charge is -2.33. The fourth-order valence-electron chi connectivity index (χ4n) is 2.15. The van der Waals surface area contributed by atoms with Crippen molar-refractivity contribution in [2.45, 2.75) is 65.5 Å². The molecular formula is C13H25NO2. The lowest BCUT2D eigenvalue weighted by Crippen LogP contribution is -2.42. The Morgan fingerprint density at radius 2 is 1.81 bits per heavy atom. The van der Waals surface area contributed by atoms with Gasteiger partial charge in [0.1, 0.15) is 5.60 Å². The zero-order chi connectivity index (χ0) is 12.3. The lowest BCUT2D eigenvalue weighted by atomic mass is 9.79. The molecule has 3 heteroatoms. The summed E-state index contributed by atoms with van der Waals surface area (Å²) in [5.74, 6) is 1.46. The van der Waals surface area contributed by atoms with Crippen LogP contribution in [0.3, 0.4) is 0 Å². The van der Waals surface area contributed by atoms with E-state index in [0.717, 1.165) is 18.8 Å². The van der Waals surface area contributed by atoms with E-state index in [-0.39, 0.29) is 6.09 Å². The third-order valence-electron chi connectivity index (χ3n) is 3.32. The number of carbonyl (C=O) groups excluding carboxylic acids is 1. The molecule has 0 spiro atoms. The molecule has 0 aromatic heterocycles. The monoisotopic (exact) mass is 227 g/mol. The van der Waals surface area contributed by atoms with Crippen molar-refractivity contribution in [1.82, 2.24) is 5.32 Å². The van der Waals surface area contributed by atoms with Crippen LogP contribution in [0.15, 0.2) is 0 Å². The summed E-state index contributed by atoms with van der Waals surface area (Å²) >= 11 is 0. The van der Waals surface area contributed by atoms with Gasteiger partial charge in [-0.2, -0.15) is 0 Å². The minimum Gasteiger partial charge on any atom is -0.444 e. The Morgan fingerprint density at radius 3 is 2.31 bits per heavy atom. The van der Waals surface area contributed by atoms with Gasteiger partial charge in [0.05, 0.1) is 0 Å². The van der Waals surface area contributed by atoms with Gasteiger partial charge in [0.15, 0.2) is 0 Å². The normalized spacial score (nSPS) is 30.9. The zero-order valence-electron chi connectivity index (χ0n) is 11.2. The molecule has 1 aliphatic rings. The van der Waals surface area contributed by atoms with Crippen molar-refractivity contribution in [3.05, 3.63) is 0 Å². The predicted molar refractivity (Wildman–Crippen MR) is 65.3 cm³/mol. The van der Waals surface area contributed by atoms with Crippen molar-refractivity contribution in [2.75, 3.05) is 0 Å². The Morgan fingerprint density at radius 1 is 1.19 bits per heavy atom. The average Bonchev–Trinajstić information content (AvgIpc) is 2.08. The van der Waals surface area contributed by atoms with Crippen LogP contribution in [-0.2, 0) is 4.74 Å². The highest BCUT2D eigenvalue weighted by molar-refractivity contribution is 5.68. The van der Waals surface area contributed by atoms with Crippen LogP contribution < -0.4 is 5.32 Å². The number of amides is 1. The third-order valence-corrected chi connectivity index (χ3v) is 3.32. The van der Waals surface area contributed by atoms with Crippen molar-refractivity contribution in [2.24, 2.45) is 11.8 Å². The first kappa shape index (κ1) is 13.3. The lowest BCUT2D eigenvalue weighted by molar-refractivity contribution is 0.0477. The van der Waals surface area contributed by atoms with Crippen molar-refractivity contribution in [3.8, 4) is 0 Å². The molecule has 1 N–H and O–H groups in total. The van der Waals surface area contributed by atoms with Gasteiger partial charge >= 0.3 is 6.09 Å². The fourth-order valence-corrected chi connectivity index (χ4v) is 2.15. The molecule has 0 aromatic carbocycles. The van der Waals surface area contributed by atoms with Crippen molar-refractivity contribution >= 4 is 6.09 Å². The molecule has 1 saturated carbocycles. The smallest absolute Gasteiger partial charge is 0.407 e. The number of ether oxygens (including phenoxy) is 1. The summed E-state index contributed by atoms with van der Waals surface area (Å²) in [7, 11) is 0. The van der Waals surface area contributed by atoms with Crippen LogP contribution in [-0.4, -0.2) is 17.7 Å². The van der Waals surface area contributed by atoms with Crippen LogP contribution >= 0.6 is 0 Å². The Hall–Kier alpha value is -0.730. The molecule has 3 unspecified atom stereocenters. The molecule has 3 nitrogen and oxygen atoms in total. The van der Waals surface area contributed by atoms with E-state index in [1.807, 2.05) is 20.8 Å². The first-order chi connectivity index (χ1) is 7.28. The van der Waals surface area contributed by atoms with E-state index in [0.29, 0.717) is 12.0 Å². The van der Waals surface area contributed by atoms with Crippen LogP contribution in [0.25, 0.3) is 0 Å². The van der Waals surface area contributed by atoms with E-state index >= 15 is 0 Å². The summed E-state index contributed by atoms with van der Waals surface area (Å²) in [6.45, 7) is 10.2. The van der Waals surface area contributed by atoms with E-state index < -0.39 is 5.60 Å². The molecule has 3 atom stereocenters. The maximum Gasteiger partial charge on any atom is 0.407 e. The number of hydrogen-bond acceptors (Lipinski definition) is 2. The molecule has 0 radical (unpaired) electrons. The van der Waals surface area contributed by atoms with Gasteiger partial charge in [-0.1, -0.05) is 13.8 Å². The largest absolute Gasteiger partial charge is 0.444 e. The van der Waals surface area contributed by atoms with Gasteiger partial charge in [0.2, 0.25) is 0 Å². The van der Waals surface area contributed by atoms with Gasteiger partial charge in [0, 0.05) is 6.04 Å². The minimum atomic E-state index is -0.405. The SMILES string of the molecule is CC1CCC(NC(=O)OC(C)(C)C)CC1C. The number of nitrogens with one attached hydrogen (secondary N) is 1. The molecule has 16 heavy (non-hydrogen) atoms. The quantitative estimate of drug-likeness (QED) is 0.746. The molecule has 0 bridgehead atoms. The number of alkyl carbamates (subject to hydrolysis) is 1. The molecule has 0 aliphatic heterocycles. The highest BCUT2D eigenvalue weighted by Gasteiger charge is 2.26.